The molecule has 67 heavy (non-hydrogen) atoms. The van der Waals surface area contributed by atoms with Crippen LogP contribution in [0.1, 0.15) is 89.2 Å². The highest BCUT2D eigenvalue weighted by atomic mass is 32.2. The van der Waals surface area contributed by atoms with Crippen LogP contribution in [0.2, 0.25) is 0 Å². The molecule has 8 fully saturated rings. The largest absolute Gasteiger partial charge is 0.489 e. The Labute approximate surface area is 397 Å². The predicted octanol–water partition coefficient (Wildman–Crippen LogP) is 12.6. The van der Waals surface area contributed by atoms with E-state index < -0.39 is 10.9 Å². The van der Waals surface area contributed by atoms with E-state index in [1.807, 2.05) is 54.6 Å². The zero-order valence-electron chi connectivity index (χ0n) is 38.7. The molecular weight excluding hydrogens is 857 g/mol. The van der Waals surface area contributed by atoms with Gasteiger partial charge in [-0.1, -0.05) is 60.7 Å². The highest BCUT2D eigenvalue weighted by Gasteiger charge is 2.58. The summed E-state index contributed by atoms with van der Waals surface area (Å²) in [7, 11) is -0.856. The lowest BCUT2D eigenvalue weighted by Gasteiger charge is -2.59. The van der Waals surface area contributed by atoms with E-state index in [4.69, 9.17) is 28.4 Å². The predicted molar refractivity (Wildman–Crippen MR) is 258 cm³/mol. The maximum atomic E-state index is 13.1. The summed E-state index contributed by atoms with van der Waals surface area (Å²) in [4.78, 5) is 30.0. The number of carbonyl (C=O) groups is 2. The van der Waals surface area contributed by atoms with E-state index in [1.54, 1.807) is 0 Å². The van der Waals surface area contributed by atoms with Crippen molar-refractivity contribution in [3.8, 4) is 34.1 Å². The van der Waals surface area contributed by atoms with Crippen LogP contribution in [0.5, 0.6) is 23.0 Å². The van der Waals surface area contributed by atoms with Gasteiger partial charge in [0.05, 0.1) is 0 Å². The molecular formula is C58H62O8S. The fraction of sp³-hybridized carbons (Fsp3) is 0.448. The Morgan fingerprint density at radius 2 is 0.836 bits per heavy atom. The van der Waals surface area contributed by atoms with Crippen LogP contribution < -0.4 is 18.9 Å². The molecule has 1 heterocycles. The van der Waals surface area contributed by atoms with E-state index in [0.717, 1.165) is 51.2 Å². The molecule has 1 aliphatic heterocycles. The lowest BCUT2D eigenvalue weighted by Crippen LogP contribution is -2.58. The second kappa shape index (κ2) is 17.3. The van der Waals surface area contributed by atoms with E-state index >= 15 is 0 Å². The molecule has 8 nitrogen and oxygen atoms in total. The van der Waals surface area contributed by atoms with E-state index in [9.17, 15) is 9.59 Å². The van der Waals surface area contributed by atoms with E-state index in [0.29, 0.717) is 48.4 Å². The van der Waals surface area contributed by atoms with Crippen LogP contribution >= 0.6 is 10.9 Å². The van der Waals surface area contributed by atoms with Crippen LogP contribution in [-0.2, 0) is 32.3 Å². The summed E-state index contributed by atoms with van der Waals surface area (Å²) in [6.07, 6.45) is 12.3. The fourth-order valence-corrected chi connectivity index (χ4v) is 16.8. The van der Waals surface area contributed by atoms with Gasteiger partial charge < -0.3 is 28.4 Å². The summed E-state index contributed by atoms with van der Waals surface area (Å²) >= 11 is 0. The van der Waals surface area contributed by atoms with Gasteiger partial charge in [0, 0.05) is 20.8 Å². The first-order valence-electron chi connectivity index (χ1n) is 24.9. The first-order chi connectivity index (χ1) is 32.6. The molecule has 0 saturated heterocycles. The highest BCUT2D eigenvalue weighted by molar-refractivity contribution is 8.17. The summed E-state index contributed by atoms with van der Waals surface area (Å²) in [6, 6.07) is 39.2. The minimum absolute atomic E-state index is 0.0996. The summed E-state index contributed by atoms with van der Waals surface area (Å²) < 4.78 is 37.5. The quantitative estimate of drug-likeness (QED) is 0.0805. The third kappa shape index (κ3) is 8.27. The smallest absolute Gasteiger partial charge is 0.344 e. The van der Waals surface area contributed by atoms with Crippen molar-refractivity contribution in [2.24, 2.45) is 47.3 Å². The van der Waals surface area contributed by atoms with Gasteiger partial charge in [0.25, 0.3) is 0 Å². The number of ether oxygens (including phenoxy) is 6. The fourth-order valence-electron chi connectivity index (χ4n) is 14.2. The van der Waals surface area contributed by atoms with Crippen LogP contribution in [0.4, 0.5) is 0 Å². The van der Waals surface area contributed by atoms with Gasteiger partial charge in [-0.2, -0.15) is 10.9 Å². The molecule has 0 aromatic heterocycles. The molecule has 8 bridgehead atoms. The minimum atomic E-state index is -0.856. The molecule has 8 saturated carbocycles. The maximum Gasteiger partial charge on any atom is 0.344 e. The zero-order valence-corrected chi connectivity index (χ0v) is 39.6. The van der Waals surface area contributed by atoms with Gasteiger partial charge in [0.2, 0.25) is 0 Å². The number of benzene rings is 5. The molecule has 9 aliphatic rings. The molecule has 0 atom stereocenters. The second-order valence-corrected chi connectivity index (χ2v) is 23.6. The molecule has 5 aromatic carbocycles. The van der Waals surface area contributed by atoms with Crippen molar-refractivity contribution in [2.75, 3.05) is 13.2 Å². The van der Waals surface area contributed by atoms with Gasteiger partial charge in [-0.3, -0.25) is 0 Å². The second-order valence-electron chi connectivity index (χ2n) is 21.4. The van der Waals surface area contributed by atoms with Crippen LogP contribution in [-0.4, -0.2) is 36.4 Å². The van der Waals surface area contributed by atoms with Crippen molar-refractivity contribution >= 4 is 22.8 Å². The molecule has 348 valence electrons. The minimum Gasteiger partial charge on any atom is -0.489 e. The topological polar surface area (TPSA) is 89.5 Å². The summed E-state index contributed by atoms with van der Waals surface area (Å²) in [5.41, 5.74) is 3.76. The zero-order chi connectivity index (χ0) is 45.3. The van der Waals surface area contributed by atoms with Gasteiger partial charge in [-0.05, 0) is 196 Å². The number of thiol groups is 1. The molecule has 8 aliphatic carbocycles. The van der Waals surface area contributed by atoms with Crippen LogP contribution in [0.3, 0.4) is 0 Å². The van der Waals surface area contributed by atoms with Gasteiger partial charge >= 0.3 is 11.9 Å². The first-order valence-corrected chi connectivity index (χ1v) is 26.2. The van der Waals surface area contributed by atoms with E-state index in [2.05, 4.69) is 74.5 Å². The highest BCUT2D eigenvalue weighted by Crippen LogP contribution is 2.64. The van der Waals surface area contributed by atoms with Crippen molar-refractivity contribution in [2.45, 2.75) is 117 Å². The van der Waals surface area contributed by atoms with Gasteiger partial charge in [0.1, 0.15) is 47.4 Å². The third-order valence-electron chi connectivity index (χ3n) is 17.3. The number of hydrogen-bond acceptors (Lipinski definition) is 8. The Bertz CT molecular complexity index is 2420. The molecule has 0 spiro atoms. The SMILES string of the molecule is CC1(OC(=O)COc2ccc(COc3cc(OCc4ccc(OCC(=O)OC5(C)C6CC7CC(C6)CC5C7)cc4)cc([SH]4c5ccccc5-c5ccccc54)c3)cc2)C2CC3CC(C2)CC1C3. The molecule has 0 N–H and O–H groups in total. The van der Waals surface area contributed by atoms with Crippen LogP contribution in [0.15, 0.2) is 130 Å². The van der Waals surface area contributed by atoms with Crippen molar-refractivity contribution in [1.82, 2.24) is 0 Å². The van der Waals surface area contributed by atoms with Crippen molar-refractivity contribution in [3.63, 3.8) is 0 Å². The standard InChI is InChI=1S/C58H62O8S/c1-57(42-21-38-19-39(23-42)24-43(57)22-38)65-55(59)34-63-46-15-11-36(12-16-46)32-61-48-29-49(31-50(30-48)67-53-9-5-3-7-51(53)52-8-4-6-10-54(52)67)62-33-37-13-17-47(18-14-37)64-35-56(60)66-58(2)44-25-40-20-41(27-44)28-45(58)26-40/h3-18,29-31,38-45,67H,19-28,32-35H2,1-2H3. The Hall–Kier alpha value is -5.41. The van der Waals surface area contributed by atoms with Gasteiger partial charge in [0.15, 0.2) is 13.2 Å². The number of hydrogen-bond donors (Lipinski definition) is 1. The first kappa shape index (κ1) is 42.9. The van der Waals surface area contributed by atoms with Crippen molar-refractivity contribution in [3.05, 3.63) is 126 Å². The van der Waals surface area contributed by atoms with E-state index in [-0.39, 0.29) is 36.4 Å². The average Bonchev–Trinajstić information content (AvgIpc) is 3.67. The van der Waals surface area contributed by atoms with Crippen LogP contribution in [0.25, 0.3) is 11.1 Å². The molecule has 5 aromatic rings. The number of esters is 2. The summed E-state index contributed by atoms with van der Waals surface area (Å²) in [6.45, 7) is 4.83. The van der Waals surface area contributed by atoms with Crippen molar-refractivity contribution in [1.29, 1.82) is 0 Å². The Morgan fingerprint density at radius 3 is 1.22 bits per heavy atom. The molecule has 0 radical (unpaired) electrons. The maximum absolute atomic E-state index is 13.1. The molecule has 0 unspecified atom stereocenters. The normalized spacial score (nSPS) is 30.6. The Kier molecular flexibility index (Phi) is 11.1. The van der Waals surface area contributed by atoms with E-state index in [1.165, 1.54) is 85.1 Å². The lowest BCUT2D eigenvalue weighted by atomic mass is 9.50. The molecule has 14 rings (SSSR count). The molecule has 0 amide bonds. The third-order valence-corrected chi connectivity index (χ3v) is 19.8. The monoisotopic (exact) mass is 918 g/mol. The lowest BCUT2D eigenvalue weighted by molar-refractivity contribution is -0.205. The summed E-state index contributed by atoms with van der Waals surface area (Å²) in [5.74, 6) is 7.30. The molecule has 9 heteroatoms. The van der Waals surface area contributed by atoms with Gasteiger partial charge in [-0.15, -0.1) is 0 Å². The number of fused-ring (bicyclic) bond motifs is 3. The van der Waals surface area contributed by atoms with Crippen molar-refractivity contribution < 1.29 is 38.0 Å². The Balaban J connectivity index is 0.695. The van der Waals surface area contributed by atoms with Gasteiger partial charge in [-0.25, -0.2) is 9.59 Å². The number of rotatable bonds is 15. The average molecular weight is 919 g/mol. The summed E-state index contributed by atoms with van der Waals surface area (Å²) in [5, 5.41) is 0. The Morgan fingerprint density at radius 1 is 0.463 bits per heavy atom. The number of carbonyl (C=O) groups excluding carboxylic acids is 2. The van der Waals surface area contributed by atoms with Crippen LogP contribution in [0, 0.1) is 47.3 Å².